The predicted molar refractivity (Wildman–Crippen MR) is 87.5 cm³/mol. The van der Waals surface area contributed by atoms with Crippen LogP contribution >= 0.6 is 0 Å². The van der Waals surface area contributed by atoms with Gasteiger partial charge in [-0.1, -0.05) is 33.1 Å². The van der Waals surface area contributed by atoms with Crippen molar-refractivity contribution >= 4 is 11.9 Å². The topological polar surface area (TPSA) is 61.4 Å². The lowest BCUT2D eigenvalue weighted by atomic mass is 9.75. The van der Waals surface area contributed by atoms with Crippen LogP contribution in [0, 0.1) is 17.8 Å². The number of amides is 3. The normalized spacial score (nSPS) is 25.6. The van der Waals surface area contributed by atoms with Crippen LogP contribution in [0.1, 0.15) is 52.4 Å². The van der Waals surface area contributed by atoms with Crippen molar-refractivity contribution in [3.8, 4) is 0 Å². The van der Waals surface area contributed by atoms with Crippen molar-refractivity contribution in [1.29, 1.82) is 0 Å². The van der Waals surface area contributed by atoms with Gasteiger partial charge in [0.2, 0.25) is 5.91 Å². The second-order valence-corrected chi connectivity index (χ2v) is 7.32. The molecule has 0 aromatic carbocycles. The van der Waals surface area contributed by atoms with Gasteiger partial charge in [-0.05, 0) is 43.6 Å². The van der Waals surface area contributed by atoms with Gasteiger partial charge in [0.15, 0.2) is 0 Å². The van der Waals surface area contributed by atoms with Gasteiger partial charge in [-0.3, -0.25) is 15.0 Å². The molecule has 126 valence electrons. The van der Waals surface area contributed by atoms with Crippen molar-refractivity contribution in [1.82, 2.24) is 15.5 Å². The minimum Gasteiger partial charge on any atom is -0.338 e. The molecule has 1 aliphatic carbocycles. The number of carbonyl (C=O) groups excluding carboxylic acids is 2. The lowest BCUT2D eigenvalue weighted by molar-refractivity contribution is -0.121. The van der Waals surface area contributed by atoms with Crippen molar-refractivity contribution in [3.05, 3.63) is 0 Å². The fourth-order valence-electron chi connectivity index (χ4n) is 3.71. The Morgan fingerprint density at radius 2 is 1.86 bits per heavy atom. The average Bonchev–Trinajstić information content (AvgIpc) is 2.46. The van der Waals surface area contributed by atoms with E-state index in [1.54, 1.807) is 0 Å². The van der Waals surface area contributed by atoms with E-state index in [-0.39, 0.29) is 11.9 Å². The first-order chi connectivity index (χ1) is 10.5. The molecule has 2 N–H and O–H groups in total. The fourth-order valence-corrected chi connectivity index (χ4v) is 3.71. The number of hydrogen-bond donors (Lipinski definition) is 2. The van der Waals surface area contributed by atoms with Crippen LogP contribution in [0.25, 0.3) is 0 Å². The molecule has 0 aromatic rings. The number of piperidine rings is 1. The van der Waals surface area contributed by atoms with E-state index in [2.05, 4.69) is 29.4 Å². The number of urea groups is 1. The Kier molecular flexibility index (Phi) is 6.68. The smallest absolute Gasteiger partial charge is 0.321 e. The van der Waals surface area contributed by atoms with E-state index in [1.807, 2.05) is 0 Å². The number of rotatable bonds is 5. The largest absolute Gasteiger partial charge is 0.338 e. The van der Waals surface area contributed by atoms with E-state index in [1.165, 1.54) is 32.1 Å². The summed E-state index contributed by atoms with van der Waals surface area (Å²) in [7, 11) is 0. The molecule has 3 amide bonds. The van der Waals surface area contributed by atoms with Gasteiger partial charge in [-0.2, -0.15) is 0 Å². The molecule has 22 heavy (non-hydrogen) atoms. The lowest BCUT2D eigenvalue weighted by Gasteiger charge is -2.41. The Balaban J connectivity index is 1.65. The predicted octanol–water partition coefficient (Wildman–Crippen LogP) is 2.37. The van der Waals surface area contributed by atoms with E-state index in [4.69, 9.17) is 0 Å². The third-order valence-electron chi connectivity index (χ3n) is 5.00. The molecule has 5 nitrogen and oxygen atoms in total. The second-order valence-electron chi connectivity index (χ2n) is 7.32. The number of fused-ring (bicyclic) bond motifs is 1. The number of nitrogens with zero attached hydrogens (tertiary/aromatic N) is 1. The molecule has 5 heteroatoms. The molecule has 0 bridgehead atoms. The Hall–Kier alpha value is -1.10. The van der Waals surface area contributed by atoms with Crippen LogP contribution in [0.2, 0.25) is 0 Å². The maximum atomic E-state index is 12.0. The molecule has 0 spiro atoms. The maximum Gasteiger partial charge on any atom is 0.321 e. The molecule has 2 atom stereocenters. The van der Waals surface area contributed by atoms with E-state index in [0.717, 1.165) is 31.3 Å². The number of carbonyl (C=O) groups is 2. The van der Waals surface area contributed by atoms with Gasteiger partial charge in [-0.25, -0.2) is 4.79 Å². The molecule has 1 saturated heterocycles. The third-order valence-corrected chi connectivity index (χ3v) is 5.00. The molecule has 1 aliphatic heterocycles. The third kappa shape index (κ3) is 5.59. The zero-order chi connectivity index (χ0) is 15.9. The summed E-state index contributed by atoms with van der Waals surface area (Å²) in [6, 6.07) is -0.363. The quantitative estimate of drug-likeness (QED) is 0.819. The lowest BCUT2D eigenvalue weighted by Crippen LogP contribution is -2.48. The van der Waals surface area contributed by atoms with Gasteiger partial charge in [-0.15, -0.1) is 0 Å². The Bertz CT molecular complexity index is 384. The Morgan fingerprint density at radius 3 is 2.59 bits per heavy atom. The zero-order valence-corrected chi connectivity index (χ0v) is 14.1. The molecule has 0 radical (unpaired) electrons. The van der Waals surface area contributed by atoms with Gasteiger partial charge in [0, 0.05) is 13.1 Å². The highest BCUT2D eigenvalue weighted by Gasteiger charge is 2.31. The Labute approximate surface area is 134 Å². The summed E-state index contributed by atoms with van der Waals surface area (Å²) in [5.74, 6) is 1.99. The second kappa shape index (κ2) is 8.51. The van der Waals surface area contributed by atoms with Crippen molar-refractivity contribution in [2.75, 3.05) is 26.2 Å². The highest BCUT2D eigenvalue weighted by molar-refractivity contribution is 5.95. The zero-order valence-electron chi connectivity index (χ0n) is 14.1. The highest BCUT2D eigenvalue weighted by atomic mass is 16.2. The standard InChI is InChI=1S/C17H31N3O2/c1-13(2)7-9-18-17(22)19-16(21)12-20-10-8-14-5-3-4-6-15(14)11-20/h13-15H,3-12H2,1-2H3,(H2,18,19,21,22)/t14-,15+/m0/s1. The molecule has 0 aromatic heterocycles. The summed E-state index contributed by atoms with van der Waals surface area (Å²) in [5.41, 5.74) is 0. The summed E-state index contributed by atoms with van der Waals surface area (Å²) in [5, 5.41) is 5.18. The van der Waals surface area contributed by atoms with Crippen molar-refractivity contribution in [2.24, 2.45) is 17.8 Å². The molecule has 2 rings (SSSR count). The highest BCUT2D eigenvalue weighted by Crippen LogP contribution is 2.35. The van der Waals surface area contributed by atoms with Crippen LogP contribution in [0.4, 0.5) is 4.79 Å². The van der Waals surface area contributed by atoms with Crippen LogP contribution in [-0.4, -0.2) is 43.0 Å². The van der Waals surface area contributed by atoms with E-state index in [0.29, 0.717) is 19.0 Å². The molecule has 1 heterocycles. The monoisotopic (exact) mass is 309 g/mol. The molecule has 2 aliphatic rings. The van der Waals surface area contributed by atoms with Crippen LogP contribution in [-0.2, 0) is 4.79 Å². The summed E-state index contributed by atoms with van der Waals surface area (Å²) in [6.45, 7) is 7.20. The van der Waals surface area contributed by atoms with Crippen molar-refractivity contribution in [2.45, 2.75) is 52.4 Å². The first-order valence-electron chi connectivity index (χ1n) is 8.84. The van der Waals surface area contributed by atoms with Crippen LogP contribution in [0.3, 0.4) is 0 Å². The SMILES string of the molecule is CC(C)CCNC(=O)NC(=O)CN1CC[C@@H]2CCCC[C@@H]2C1. The summed E-state index contributed by atoms with van der Waals surface area (Å²) < 4.78 is 0. The first-order valence-corrected chi connectivity index (χ1v) is 8.84. The number of likely N-dealkylation sites (tertiary alicyclic amines) is 1. The van der Waals surface area contributed by atoms with E-state index < -0.39 is 0 Å². The van der Waals surface area contributed by atoms with Crippen LogP contribution in [0.5, 0.6) is 0 Å². The van der Waals surface area contributed by atoms with Gasteiger partial charge < -0.3 is 5.32 Å². The van der Waals surface area contributed by atoms with Gasteiger partial charge in [0.05, 0.1) is 6.54 Å². The van der Waals surface area contributed by atoms with Crippen molar-refractivity contribution in [3.63, 3.8) is 0 Å². The van der Waals surface area contributed by atoms with Gasteiger partial charge >= 0.3 is 6.03 Å². The van der Waals surface area contributed by atoms with Crippen LogP contribution in [0.15, 0.2) is 0 Å². The fraction of sp³-hybridized carbons (Fsp3) is 0.882. The summed E-state index contributed by atoms with van der Waals surface area (Å²) in [6.07, 6.45) is 7.51. The minimum absolute atomic E-state index is 0.184. The van der Waals surface area contributed by atoms with E-state index >= 15 is 0 Å². The molecule has 0 unspecified atom stereocenters. The molecule has 2 fully saturated rings. The molecular formula is C17H31N3O2. The van der Waals surface area contributed by atoms with E-state index in [9.17, 15) is 9.59 Å². The van der Waals surface area contributed by atoms with Crippen molar-refractivity contribution < 1.29 is 9.59 Å². The molecule has 1 saturated carbocycles. The number of hydrogen-bond acceptors (Lipinski definition) is 3. The van der Waals surface area contributed by atoms with Crippen LogP contribution < -0.4 is 10.6 Å². The minimum atomic E-state index is -0.363. The maximum absolute atomic E-state index is 12.0. The number of imide groups is 1. The first kappa shape index (κ1) is 17.3. The summed E-state index contributed by atoms with van der Waals surface area (Å²) in [4.78, 5) is 25.8. The average molecular weight is 309 g/mol. The molecular weight excluding hydrogens is 278 g/mol. The number of nitrogens with one attached hydrogen (secondary N) is 2. The van der Waals surface area contributed by atoms with Gasteiger partial charge in [0.25, 0.3) is 0 Å². The Morgan fingerprint density at radius 1 is 1.14 bits per heavy atom. The summed E-state index contributed by atoms with van der Waals surface area (Å²) >= 11 is 0. The van der Waals surface area contributed by atoms with Gasteiger partial charge in [0.1, 0.15) is 0 Å².